The largest absolute Gasteiger partial charge is 0.294 e. The number of carbonyl (C=O) groups is 1. The lowest BCUT2D eigenvalue weighted by Gasteiger charge is -2.03. The second-order valence-electron chi connectivity index (χ2n) is 3.91. The van der Waals surface area contributed by atoms with Crippen LogP contribution in [0.2, 0.25) is 0 Å². The van der Waals surface area contributed by atoms with Gasteiger partial charge in [0.1, 0.15) is 17.7 Å². The van der Waals surface area contributed by atoms with E-state index < -0.39 is 0 Å². The van der Waals surface area contributed by atoms with Crippen LogP contribution in [0.4, 0.5) is 5.95 Å². The Morgan fingerprint density at radius 1 is 1.47 bits per heavy atom. The summed E-state index contributed by atoms with van der Waals surface area (Å²) in [6.45, 7) is 1.79. The SMILES string of the molecule is Cc1nc2ccc(Br)cn2c1C(=O)Nc1ncn[nH]1. The molecule has 0 fully saturated rings. The Bertz CT molecular complexity index is 748. The first kappa shape index (κ1) is 11.8. The van der Waals surface area contributed by atoms with Crippen molar-refractivity contribution in [2.45, 2.75) is 6.92 Å². The van der Waals surface area contributed by atoms with E-state index in [2.05, 4.69) is 41.4 Å². The minimum absolute atomic E-state index is 0.292. The predicted molar refractivity (Wildman–Crippen MR) is 72.0 cm³/mol. The van der Waals surface area contributed by atoms with E-state index in [-0.39, 0.29) is 5.91 Å². The van der Waals surface area contributed by atoms with Gasteiger partial charge in [-0.2, -0.15) is 10.1 Å². The summed E-state index contributed by atoms with van der Waals surface area (Å²) in [6.07, 6.45) is 3.12. The van der Waals surface area contributed by atoms with Crippen LogP contribution >= 0.6 is 15.9 Å². The molecule has 19 heavy (non-hydrogen) atoms. The van der Waals surface area contributed by atoms with Crippen molar-refractivity contribution in [3.8, 4) is 0 Å². The minimum atomic E-state index is -0.292. The topological polar surface area (TPSA) is 88.0 Å². The van der Waals surface area contributed by atoms with Crippen molar-refractivity contribution in [3.05, 3.63) is 40.5 Å². The zero-order valence-corrected chi connectivity index (χ0v) is 11.5. The number of pyridine rings is 1. The summed E-state index contributed by atoms with van der Waals surface area (Å²) in [4.78, 5) is 20.4. The summed E-state index contributed by atoms with van der Waals surface area (Å²) in [5.74, 6) is 0.00852. The molecular formula is C11H9BrN6O. The highest BCUT2D eigenvalue weighted by Crippen LogP contribution is 2.17. The van der Waals surface area contributed by atoms with E-state index >= 15 is 0 Å². The highest BCUT2D eigenvalue weighted by molar-refractivity contribution is 9.10. The number of anilines is 1. The van der Waals surface area contributed by atoms with Gasteiger partial charge in [-0.05, 0) is 35.0 Å². The summed E-state index contributed by atoms with van der Waals surface area (Å²) >= 11 is 3.38. The lowest BCUT2D eigenvalue weighted by molar-refractivity contribution is 0.102. The smallest absolute Gasteiger partial charge is 0.276 e. The van der Waals surface area contributed by atoms with Crippen molar-refractivity contribution in [2.75, 3.05) is 5.32 Å². The van der Waals surface area contributed by atoms with E-state index in [4.69, 9.17) is 0 Å². The van der Waals surface area contributed by atoms with Gasteiger partial charge >= 0.3 is 0 Å². The lowest BCUT2D eigenvalue weighted by Crippen LogP contribution is -2.16. The molecule has 96 valence electrons. The average Bonchev–Trinajstić information content (AvgIpc) is 2.95. The number of amides is 1. The van der Waals surface area contributed by atoms with Crippen molar-refractivity contribution in [3.63, 3.8) is 0 Å². The Balaban J connectivity index is 2.06. The molecule has 7 nitrogen and oxygen atoms in total. The van der Waals surface area contributed by atoms with E-state index in [1.807, 2.05) is 12.1 Å². The molecule has 0 atom stereocenters. The fourth-order valence-electron chi connectivity index (χ4n) is 1.84. The number of halogens is 1. The van der Waals surface area contributed by atoms with Crippen molar-refractivity contribution in [1.29, 1.82) is 0 Å². The van der Waals surface area contributed by atoms with Crippen LogP contribution in [-0.4, -0.2) is 30.5 Å². The molecule has 0 aliphatic heterocycles. The number of nitrogens with zero attached hydrogens (tertiary/aromatic N) is 4. The molecule has 0 saturated heterocycles. The van der Waals surface area contributed by atoms with Crippen LogP contribution in [0.3, 0.4) is 0 Å². The van der Waals surface area contributed by atoms with Gasteiger partial charge in [0.2, 0.25) is 5.95 Å². The maximum Gasteiger partial charge on any atom is 0.276 e. The Kier molecular flexibility index (Phi) is 2.79. The van der Waals surface area contributed by atoms with Gasteiger partial charge in [0.05, 0.1) is 5.69 Å². The van der Waals surface area contributed by atoms with Crippen LogP contribution in [0, 0.1) is 6.92 Å². The van der Waals surface area contributed by atoms with E-state index in [0.717, 1.165) is 4.47 Å². The molecule has 0 aliphatic carbocycles. The first-order valence-corrected chi connectivity index (χ1v) is 6.25. The lowest BCUT2D eigenvalue weighted by atomic mass is 10.3. The first-order chi connectivity index (χ1) is 9.15. The van der Waals surface area contributed by atoms with E-state index in [0.29, 0.717) is 23.0 Å². The third kappa shape index (κ3) is 2.10. The zero-order valence-electron chi connectivity index (χ0n) is 9.88. The highest BCUT2D eigenvalue weighted by atomic mass is 79.9. The van der Waals surface area contributed by atoms with Crippen molar-refractivity contribution >= 4 is 33.4 Å². The fourth-order valence-corrected chi connectivity index (χ4v) is 2.18. The number of aromatic nitrogens is 5. The summed E-state index contributed by atoms with van der Waals surface area (Å²) in [7, 11) is 0. The molecule has 0 aromatic carbocycles. The van der Waals surface area contributed by atoms with Crippen molar-refractivity contribution in [1.82, 2.24) is 24.6 Å². The van der Waals surface area contributed by atoms with Gasteiger partial charge in [-0.15, -0.1) is 0 Å². The van der Waals surface area contributed by atoms with E-state index in [1.165, 1.54) is 6.33 Å². The Hall–Kier alpha value is -2.22. The first-order valence-electron chi connectivity index (χ1n) is 5.46. The molecule has 3 aromatic rings. The van der Waals surface area contributed by atoms with Gasteiger partial charge < -0.3 is 0 Å². The Morgan fingerprint density at radius 3 is 3.05 bits per heavy atom. The molecule has 1 amide bonds. The Morgan fingerprint density at radius 2 is 2.32 bits per heavy atom. The number of rotatable bonds is 2. The number of fused-ring (bicyclic) bond motifs is 1. The summed E-state index contributed by atoms with van der Waals surface area (Å²) in [5.41, 5.74) is 1.83. The number of aryl methyl sites for hydroxylation is 1. The number of aromatic amines is 1. The van der Waals surface area contributed by atoms with E-state index in [1.54, 1.807) is 17.5 Å². The molecule has 0 spiro atoms. The van der Waals surface area contributed by atoms with Crippen LogP contribution < -0.4 is 5.32 Å². The number of hydrogen-bond donors (Lipinski definition) is 2. The molecule has 2 N–H and O–H groups in total. The zero-order chi connectivity index (χ0) is 13.4. The van der Waals surface area contributed by atoms with Crippen molar-refractivity contribution in [2.24, 2.45) is 0 Å². The van der Waals surface area contributed by atoms with Crippen molar-refractivity contribution < 1.29 is 4.79 Å². The minimum Gasteiger partial charge on any atom is -0.294 e. The monoisotopic (exact) mass is 320 g/mol. The molecule has 3 aromatic heterocycles. The normalized spacial score (nSPS) is 10.8. The third-order valence-corrected chi connectivity index (χ3v) is 3.09. The quantitative estimate of drug-likeness (QED) is 0.753. The standard InChI is InChI=1S/C11H9BrN6O/c1-6-9(10(19)16-11-13-5-14-17-11)18-4-7(12)2-3-8(18)15-6/h2-5H,1H3,(H2,13,14,16,17,19). The molecular weight excluding hydrogens is 312 g/mol. The molecule has 0 aliphatic rings. The summed E-state index contributed by atoms with van der Waals surface area (Å²) < 4.78 is 2.59. The molecule has 3 heterocycles. The maximum atomic E-state index is 12.2. The molecule has 0 radical (unpaired) electrons. The third-order valence-electron chi connectivity index (χ3n) is 2.62. The molecule has 0 unspecified atom stereocenters. The van der Waals surface area contributed by atoms with Gasteiger partial charge in [-0.25, -0.2) is 10.1 Å². The second-order valence-corrected chi connectivity index (χ2v) is 4.83. The maximum absolute atomic E-state index is 12.2. The van der Waals surface area contributed by atoms with Gasteiger partial charge in [0, 0.05) is 10.7 Å². The molecule has 8 heteroatoms. The van der Waals surface area contributed by atoms with Crippen LogP contribution in [0.25, 0.3) is 5.65 Å². The van der Waals surface area contributed by atoms with Gasteiger partial charge in [-0.1, -0.05) is 0 Å². The van der Waals surface area contributed by atoms with Crippen LogP contribution in [0.1, 0.15) is 16.2 Å². The molecule has 0 saturated carbocycles. The fraction of sp³-hybridized carbons (Fsp3) is 0.0909. The molecule has 0 bridgehead atoms. The van der Waals surface area contributed by atoms with E-state index in [9.17, 15) is 4.79 Å². The Labute approximate surface area is 116 Å². The van der Waals surface area contributed by atoms with Gasteiger partial charge in [0.25, 0.3) is 5.91 Å². The summed E-state index contributed by atoms with van der Waals surface area (Å²) in [6, 6.07) is 3.71. The number of imidazole rings is 1. The predicted octanol–water partition coefficient (Wildman–Crippen LogP) is 1.78. The van der Waals surface area contributed by atoms with Gasteiger partial charge in [0.15, 0.2) is 0 Å². The second kappa shape index (κ2) is 4.47. The molecule has 3 rings (SSSR count). The van der Waals surface area contributed by atoms with Crippen LogP contribution in [0.15, 0.2) is 29.1 Å². The number of H-pyrrole nitrogens is 1. The van der Waals surface area contributed by atoms with Gasteiger partial charge in [-0.3, -0.25) is 14.5 Å². The highest BCUT2D eigenvalue weighted by Gasteiger charge is 2.17. The summed E-state index contributed by atoms with van der Waals surface area (Å²) in [5, 5.41) is 8.88. The average molecular weight is 321 g/mol. The van der Waals surface area contributed by atoms with Crippen LogP contribution in [-0.2, 0) is 0 Å². The number of hydrogen-bond acceptors (Lipinski definition) is 4. The number of carbonyl (C=O) groups excluding carboxylic acids is 1. The number of nitrogens with one attached hydrogen (secondary N) is 2. The van der Waals surface area contributed by atoms with Crippen LogP contribution in [0.5, 0.6) is 0 Å².